The molecule has 0 unspecified atom stereocenters. The average Bonchev–Trinajstić information content (AvgIpc) is 2.23. The number of hydrogen-bond donors (Lipinski definition) is 1. The van der Waals surface area contributed by atoms with E-state index >= 15 is 0 Å². The van der Waals surface area contributed by atoms with E-state index in [9.17, 15) is 4.39 Å². The molecule has 0 aliphatic carbocycles. The van der Waals surface area contributed by atoms with Crippen LogP contribution in [-0.4, -0.2) is 6.54 Å². The van der Waals surface area contributed by atoms with Gasteiger partial charge in [0.05, 0.1) is 11.1 Å². The maximum atomic E-state index is 13.0. The second-order valence-corrected chi connectivity index (χ2v) is 3.58. The minimum absolute atomic E-state index is 0.130. The van der Waals surface area contributed by atoms with Gasteiger partial charge in [0, 0.05) is 18.7 Å². The largest absolute Gasteiger partial charge is 0.385 e. The van der Waals surface area contributed by atoms with Gasteiger partial charge in [0.15, 0.2) is 0 Å². The Morgan fingerprint density at radius 1 is 1.40 bits per heavy atom. The molecule has 0 fully saturated rings. The molecule has 0 aliphatic rings. The van der Waals surface area contributed by atoms with Gasteiger partial charge in [-0.1, -0.05) is 11.6 Å². The molecular weight excluding hydrogens is 215 g/mol. The number of hydrogen-bond acceptors (Lipinski definition) is 2. The van der Waals surface area contributed by atoms with Gasteiger partial charge in [-0.15, -0.1) is 0 Å². The van der Waals surface area contributed by atoms with Crippen LogP contribution >= 0.6 is 11.6 Å². The Hall–Kier alpha value is -1.27. The highest BCUT2D eigenvalue weighted by molar-refractivity contribution is 6.30. The highest BCUT2D eigenvalue weighted by Crippen LogP contribution is 2.18. The smallest absolute Gasteiger partial charge is 0.143 e. The van der Waals surface area contributed by atoms with Crippen LogP contribution in [0, 0.1) is 17.1 Å². The molecule has 0 saturated heterocycles. The van der Waals surface area contributed by atoms with Gasteiger partial charge in [-0.05, 0) is 31.0 Å². The number of nitrogens with zero attached hydrogens (tertiary/aromatic N) is 1. The topological polar surface area (TPSA) is 35.8 Å². The first-order chi connectivity index (χ1) is 7.24. The average molecular weight is 227 g/mol. The molecule has 0 heterocycles. The molecule has 0 spiro atoms. The molecule has 4 heteroatoms. The van der Waals surface area contributed by atoms with Gasteiger partial charge in [-0.2, -0.15) is 5.26 Å². The molecule has 0 aliphatic heterocycles. The number of nitrogens with one attached hydrogen (secondary N) is 1. The Morgan fingerprint density at radius 3 is 2.87 bits per heavy atom. The van der Waals surface area contributed by atoms with E-state index in [1.807, 2.05) is 0 Å². The van der Waals surface area contributed by atoms with Gasteiger partial charge in [0.2, 0.25) is 0 Å². The number of anilines is 1. The SMILES string of the molecule is N#CCCCCNc1ccc(Cl)c(F)c1. The molecule has 1 aromatic rings. The number of benzene rings is 1. The molecule has 0 saturated carbocycles. The van der Waals surface area contributed by atoms with E-state index in [4.69, 9.17) is 16.9 Å². The quantitative estimate of drug-likeness (QED) is 0.779. The maximum absolute atomic E-state index is 13.0. The summed E-state index contributed by atoms with van der Waals surface area (Å²) in [5, 5.41) is 11.5. The van der Waals surface area contributed by atoms with Crippen molar-refractivity contribution in [3.63, 3.8) is 0 Å². The lowest BCUT2D eigenvalue weighted by Crippen LogP contribution is -2.01. The van der Waals surface area contributed by atoms with E-state index in [2.05, 4.69) is 11.4 Å². The van der Waals surface area contributed by atoms with Crippen molar-refractivity contribution >= 4 is 17.3 Å². The second kappa shape index (κ2) is 6.26. The van der Waals surface area contributed by atoms with E-state index in [-0.39, 0.29) is 5.02 Å². The van der Waals surface area contributed by atoms with E-state index < -0.39 is 5.82 Å². The fourth-order valence-electron chi connectivity index (χ4n) is 1.17. The predicted molar refractivity (Wildman–Crippen MR) is 59.4 cm³/mol. The summed E-state index contributed by atoms with van der Waals surface area (Å²) in [4.78, 5) is 0. The molecule has 0 bridgehead atoms. The zero-order valence-electron chi connectivity index (χ0n) is 8.26. The van der Waals surface area contributed by atoms with E-state index in [0.29, 0.717) is 12.1 Å². The van der Waals surface area contributed by atoms with Crippen LogP contribution in [0.1, 0.15) is 19.3 Å². The number of nitriles is 1. The summed E-state index contributed by atoms with van der Waals surface area (Å²) in [6.45, 7) is 0.739. The predicted octanol–water partition coefficient (Wildman–Crippen LogP) is 3.58. The standard InChI is InChI=1S/C11H12ClFN2/c12-10-5-4-9(8-11(10)13)15-7-3-1-2-6-14/h4-5,8,15H,1-3,7H2. The normalized spacial score (nSPS) is 9.67. The van der Waals surface area contributed by atoms with Crippen LogP contribution in [-0.2, 0) is 0 Å². The fraction of sp³-hybridized carbons (Fsp3) is 0.364. The van der Waals surface area contributed by atoms with Crippen LogP contribution in [0.15, 0.2) is 18.2 Å². The summed E-state index contributed by atoms with van der Waals surface area (Å²) in [6, 6.07) is 6.70. The monoisotopic (exact) mass is 226 g/mol. The van der Waals surface area contributed by atoms with Gasteiger partial charge in [0.1, 0.15) is 5.82 Å². The summed E-state index contributed by atoms with van der Waals surface area (Å²) in [7, 11) is 0. The third-order valence-electron chi connectivity index (χ3n) is 1.96. The zero-order chi connectivity index (χ0) is 11.1. The summed E-state index contributed by atoms with van der Waals surface area (Å²) in [6.07, 6.45) is 2.33. The van der Waals surface area contributed by atoms with Gasteiger partial charge < -0.3 is 5.32 Å². The Bertz CT molecular complexity index is 360. The van der Waals surface area contributed by atoms with Crippen molar-refractivity contribution in [3.8, 4) is 6.07 Å². The van der Waals surface area contributed by atoms with Crippen LogP contribution < -0.4 is 5.32 Å². The summed E-state index contributed by atoms with van der Waals surface area (Å²) in [5.74, 6) is -0.418. The van der Waals surface area contributed by atoms with E-state index in [0.717, 1.165) is 19.4 Å². The lowest BCUT2D eigenvalue weighted by atomic mass is 10.2. The van der Waals surface area contributed by atoms with Crippen molar-refractivity contribution in [2.75, 3.05) is 11.9 Å². The molecule has 80 valence electrons. The Kier molecular flexibility index (Phi) is 4.92. The number of halogens is 2. The van der Waals surface area contributed by atoms with E-state index in [1.165, 1.54) is 12.1 Å². The molecular formula is C11H12ClFN2. The maximum Gasteiger partial charge on any atom is 0.143 e. The highest BCUT2D eigenvalue weighted by atomic mass is 35.5. The molecule has 0 atom stereocenters. The van der Waals surface area contributed by atoms with Gasteiger partial charge in [-0.25, -0.2) is 4.39 Å². The van der Waals surface area contributed by atoms with Crippen LogP contribution in [0.25, 0.3) is 0 Å². The van der Waals surface area contributed by atoms with Crippen LogP contribution in [0.4, 0.5) is 10.1 Å². The summed E-state index contributed by atoms with van der Waals surface area (Å²) >= 11 is 5.54. The number of unbranched alkanes of at least 4 members (excludes halogenated alkanes) is 2. The van der Waals surface area contributed by atoms with E-state index in [1.54, 1.807) is 6.07 Å². The summed E-state index contributed by atoms with van der Waals surface area (Å²) < 4.78 is 13.0. The highest BCUT2D eigenvalue weighted by Gasteiger charge is 1.99. The van der Waals surface area contributed by atoms with Crippen LogP contribution in [0.5, 0.6) is 0 Å². The Labute approximate surface area is 93.7 Å². The van der Waals surface area contributed by atoms with Crippen LogP contribution in [0.2, 0.25) is 5.02 Å². The Balaban J connectivity index is 2.32. The molecule has 2 nitrogen and oxygen atoms in total. The number of rotatable bonds is 5. The van der Waals surface area contributed by atoms with Crippen molar-refractivity contribution in [2.24, 2.45) is 0 Å². The van der Waals surface area contributed by atoms with Crippen molar-refractivity contribution in [1.82, 2.24) is 0 Å². The van der Waals surface area contributed by atoms with Crippen molar-refractivity contribution in [1.29, 1.82) is 5.26 Å². The van der Waals surface area contributed by atoms with Crippen molar-refractivity contribution < 1.29 is 4.39 Å². The molecule has 0 amide bonds. The van der Waals surface area contributed by atoms with Crippen molar-refractivity contribution in [3.05, 3.63) is 29.0 Å². The lowest BCUT2D eigenvalue weighted by Gasteiger charge is -2.05. The third-order valence-corrected chi connectivity index (χ3v) is 2.27. The molecule has 1 N–H and O–H groups in total. The van der Waals surface area contributed by atoms with Gasteiger partial charge in [0.25, 0.3) is 0 Å². The first-order valence-corrected chi connectivity index (χ1v) is 5.17. The lowest BCUT2D eigenvalue weighted by molar-refractivity contribution is 0.628. The zero-order valence-corrected chi connectivity index (χ0v) is 9.02. The molecule has 1 aromatic carbocycles. The molecule has 1 rings (SSSR count). The van der Waals surface area contributed by atoms with Crippen LogP contribution in [0.3, 0.4) is 0 Å². The molecule has 0 aromatic heterocycles. The second-order valence-electron chi connectivity index (χ2n) is 3.17. The van der Waals surface area contributed by atoms with Gasteiger partial charge in [-0.3, -0.25) is 0 Å². The molecule has 0 radical (unpaired) electrons. The van der Waals surface area contributed by atoms with Gasteiger partial charge >= 0.3 is 0 Å². The fourth-order valence-corrected chi connectivity index (χ4v) is 1.29. The Morgan fingerprint density at radius 2 is 2.20 bits per heavy atom. The minimum Gasteiger partial charge on any atom is -0.385 e. The first kappa shape index (κ1) is 11.8. The third kappa shape index (κ3) is 4.18. The molecule has 15 heavy (non-hydrogen) atoms. The first-order valence-electron chi connectivity index (χ1n) is 4.80. The minimum atomic E-state index is -0.418. The van der Waals surface area contributed by atoms with Crippen molar-refractivity contribution in [2.45, 2.75) is 19.3 Å². The summed E-state index contributed by atoms with van der Waals surface area (Å²) in [5.41, 5.74) is 0.717.